The molecule has 0 rings (SSSR count). The summed E-state index contributed by atoms with van der Waals surface area (Å²) in [6.07, 6.45) is 86.6. The van der Waals surface area contributed by atoms with Crippen LogP contribution in [0.4, 0.5) is 0 Å². The third-order valence-electron chi connectivity index (χ3n) is 10.5. The molecule has 4 heteroatoms. The maximum atomic E-state index is 12.4. The van der Waals surface area contributed by atoms with Gasteiger partial charge >= 0.3 is 0 Å². The molecule has 64 heavy (non-hydrogen) atoms. The first-order valence-corrected chi connectivity index (χ1v) is 25.7. The Morgan fingerprint density at radius 1 is 0.391 bits per heavy atom. The molecule has 2 unspecified atom stereocenters. The lowest BCUT2D eigenvalue weighted by atomic mass is 10.1. The smallest absolute Gasteiger partial charge is 0.220 e. The molecule has 0 aromatic heterocycles. The van der Waals surface area contributed by atoms with E-state index in [1.807, 2.05) is 6.08 Å². The highest BCUT2D eigenvalue weighted by molar-refractivity contribution is 5.76. The van der Waals surface area contributed by atoms with E-state index < -0.39 is 12.1 Å². The Morgan fingerprint density at radius 2 is 0.703 bits per heavy atom. The molecule has 0 fully saturated rings. The van der Waals surface area contributed by atoms with Gasteiger partial charge in [0.1, 0.15) is 0 Å². The summed E-state index contributed by atoms with van der Waals surface area (Å²) < 4.78 is 0. The van der Waals surface area contributed by atoms with Crippen LogP contribution in [0.5, 0.6) is 0 Å². The van der Waals surface area contributed by atoms with Gasteiger partial charge in [-0.2, -0.15) is 0 Å². The van der Waals surface area contributed by atoms with Crippen LogP contribution in [0.1, 0.15) is 194 Å². The summed E-state index contributed by atoms with van der Waals surface area (Å²) in [5.41, 5.74) is 0. The van der Waals surface area contributed by atoms with Crippen LogP contribution < -0.4 is 5.32 Å². The average Bonchev–Trinajstić information content (AvgIpc) is 3.30. The summed E-state index contributed by atoms with van der Waals surface area (Å²) in [5.74, 6) is -0.101. The van der Waals surface area contributed by atoms with Crippen molar-refractivity contribution in [2.75, 3.05) is 6.61 Å². The van der Waals surface area contributed by atoms with Gasteiger partial charge in [-0.1, -0.05) is 230 Å². The first-order valence-electron chi connectivity index (χ1n) is 25.7. The number of carbonyl (C=O) groups is 1. The maximum Gasteiger partial charge on any atom is 0.220 e. The summed E-state index contributed by atoms with van der Waals surface area (Å²) in [4.78, 5) is 12.4. The summed E-state index contributed by atoms with van der Waals surface area (Å²) in [7, 11) is 0. The molecule has 4 nitrogen and oxygen atoms in total. The highest BCUT2D eigenvalue weighted by atomic mass is 16.3. The highest BCUT2D eigenvalue weighted by Crippen LogP contribution is 2.11. The van der Waals surface area contributed by atoms with Gasteiger partial charge in [-0.25, -0.2) is 0 Å². The Hall–Kier alpha value is -3.99. The Balaban J connectivity index is 3.73. The number of nitrogens with one attached hydrogen (secondary N) is 1. The first kappa shape index (κ1) is 60.0. The SMILES string of the molecule is CC/C=C\C/C=C\C/C=C\C/C=C\C/C=C\C/C=C\C/C=C\C/C=C\C/C=C\C/C=C\C/C=C\CCCCCCCC(=O)NC(CO)C(O)/C=C/CC/C=C/CCCCCCCCC. The molecule has 0 aliphatic carbocycles. The number of amides is 1. The van der Waals surface area contributed by atoms with Crippen molar-refractivity contribution in [3.63, 3.8) is 0 Å². The van der Waals surface area contributed by atoms with E-state index >= 15 is 0 Å². The van der Waals surface area contributed by atoms with Crippen molar-refractivity contribution < 1.29 is 15.0 Å². The van der Waals surface area contributed by atoms with Crippen molar-refractivity contribution in [1.29, 1.82) is 0 Å². The van der Waals surface area contributed by atoms with E-state index in [0.717, 1.165) is 116 Å². The number of hydrogen-bond donors (Lipinski definition) is 3. The molecule has 0 aliphatic rings. The van der Waals surface area contributed by atoms with Crippen LogP contribution in [0.15, 0.2) is 158 Å². The van der Waals surface area contributed by atoms with Gasteiger partial charge in [0.05, 0.1) is 18.8 Å². The minimum absolute atomic E-state index is 0.101. The lowest BCUT2D eigenvalue weighted by molar-refractivity contribution is -0.123. The summed E-state index contributed by atoms with van der Waals surface area (Å²) >= 11 is 0. The lowest BCUT2D eigenvalue weighted by Crippen LogP contribution is -2.45. The molecule has 0 saturated carbocycles. The van der Waals surface area contributed by atoms with Crippen LogP contribution in [-0.4, -0.2) is 34.9 Å². The fourth-order valence-electron chi connectivity index (χ4n) is 6.61. The van der Waals surface area contributed by atoms with Crippen LogP contribution in [0.25, 0.3) is 0 Å². The molecule has 0 bridgehead atoms. The van der Waals surface area contributed by atoms with Gasteiger partial charge in [0.15, 0.2) is 0 Å². The van der Waals surface area contributed by atoms with Gasteiger partial charge in [-0.15, -0.1) is 0 Å². The van der Waals surface area contributed by atoms with E-state index in [1.54, 1.807) is 6.08 Å². The Bertz CT molecular complexity index is 1410. The molecular weight excluding hydrogens is 783 g/mol. The summed E-state index contributed by atoms with van der Waals surface area (Å²) in [5, 5.41) is 23.0. The van der Waals surface area contributed by atoms with Crippen molar-refractivity contribution >= 4 is 5.91 Å². The summed E-state index contributed by atoms with van der Waals surface area (Å²) in [6, 6.07) is -0.660. The van der Waals surface area contributed by atoms with Gasteiger partial charge in [0.2, 0.25) is 5.91 Å². The Morgan fingerprint density at radius 3 is 1.09 bits per heavy atom. The number of aliphatic hydroxyl groups excluding tert-OH is 2. The van der Waals surface area contributed by atoms with Crippen molar-refractivity contribution in [3.8, 4) is 0 Å². The summed E-state index contributed by atoms with van der Waals surface area (Å²) in [6.45, 7) is 4.14. The molecule has 0 aromatic carbocycles. The zero-order valence-electron chi connectivity index (χ0n) is 41.0. The zero-order chi connectivity index (χ0) is 46.3. The number of hydrogen-bond acceptors (Lipinski definition) is 3. The van der Waals surface area contributed by atoms with Crippen LogP contribution in [-0.2, 0) is 4.79 Å². The fraction of sp³-hybridized carbons (Fsp3) is 0.550. The molecule has 0 spiro atoms. The number of aliphatic hydroxyl groups is 2. The highest BCUT2D eigenvalue weighted by Gasteiger charge is 2.17. The molecule has 3 N–H and O–H groups in total. The first-order chi connectivity index (χ1) is 31.7. The van der Waals surface area contributed by atoms with E-state index in [2.05, 4.69) is 165 Å². The van der Waals surface area contributed by atoms with Gasteiger partial charge in [0, 0.05) is 6.42 Å². The molecule has 2 atom stereocenters. The molecule has 0 heterocycles. The third-order valence-corrected chi connectivity index (χ3v) is 10.5. The van der Waals surface area contributed by atoms with Gasteiger partial charge < -0.3 is 15.5 Å². The topological polar surface area (TPSA) is 69.6 Å². The van der Waals surface area contributed by atoms with Crippen molar-refractivity contribution in [1.82, 2.24) is 5.32 Å². The average molecular weight is 878 g/mol. The minimum atomic E-state index is -0.881. The second-order valence-corrected chi connectivity index (χ2v) is 16.5. The number of rotatable bonds is 44. The molecule has 0 saturated heterocycles. The van der Waals surface area contributed by atoms with Crippen LogP contribution in [0.2, 0.25) is 0 Å². The monoisotopic (exact) mass is 878 g/mol. The van der Waals surface area contributed by atoms with Crippen LogP contribution in [0.3, 0.4) is 0 Å². The Kier molecular flexibility index (Phi) is 50.0. The standard InChI is InChI=1S/C60H95NO3/c1-3-5-7-9-11-13-15-17-18-19-20-21-22-23-24-25-26-27-28-29-30-31-32-33-34-35-36-37-38-39-40-41-42-44-46-48-50-52-54-56-60(64)61-58(57-62)59(63)55-53-51-49-47-45-43-16-14-12-10-8-6-4-2/h5,7,11,13,17-18,20-21,23-24,26-27,29-30,32-33,35-36,38-39,41-42,45,47,53,55,58-59,62-63H,3-4,6,8-10,12,14-16,19,22,25,28,31,34,37,40,43-44,46,48-52,54,56-57H2,1-2H3,(H,61,64)/b7-5-,13-11-,18-17-,21-20-,24-23-,27-26-,30-29-,33-32-,36-35-,39-38-,42-41-,47-45+,55-53+. The largest absolute Gasteiger partial charge is 0.394 e. The fourth-order valence-corrected chi connectivity index (χ4v) is 6.61. The molecule has 0 radical (unpaired) electrons. The Labute approximate surface area is 395 Å². The number of allylic oxidation sites excluding steroid dienone is 25. The van der Waals surface area contributed by atoms with E-state index in [9.17, 15) is 15.0 Å². The molecule has 1 amide bonds. The van der Waals surface area contributed by atoms with Crippen LogP contribution >= 0.6 is 0 Å². The van der Waals surface area contributed by atoms with Gasteiger partial charge in [-0.3, -0.25) is 4.79 Å². The van der Waals surface area contributed by atoms with Crippen molar-refractivity contribution in [3.05, 3.63) is 158 Å². The quantitative estimate of drug-likeness (QED) is 0.0422. The van der Waals surface area contributed by atoms with E-state index in [4.69, 9.17) is 0 Å². The number of carbonyl (C=O) groups excluding carboxylic acids is 1. The van der Waals surface area contributed by atoms with Crippen LogP contribution in [0, 0.1) is 0 Å². The van der Waals surface area contributed by atoms with Crippen molar-refractivity contribution in [2.45, 2.75) is 206 Å². The second-order valence-electron chi connectivity index (χ2n) is 16.5. The predicted molar refractivity (Wildman–Crippen MR) is 284 cm³/mol. The minimum Gasteiger partial charge on any atom is -0.394 e. The molecule has 0 aromatic rings. The predicted octanol–water partition coefficient (Wildman–Crippen LogP) is 17.0. The molecule has 358 valence electrons. The zero-order valence-corrected chi connectivity index (χ0v) is 41.0. The van der Waals surface area contributed by atoms with E-state index in [-0.39, 0.29) is 12.5 Å². The van der Waals surface area contributed by atoms with E-state index in [1.165, 1.54) is 57.8 Å². The third kappa shape index (κ3) is 49.0. The second kappa shape index (κ2) is 53.3. The number of unbranched alkanes of at least 4 members (excludes halogenated alkanes) is 13. The maximum absolute atomic E-state index is 12.4. The van der Waals surface area contributed by atoms with Gasteiger partial charge in [-0.05, 0) is 116 Å². The van der Waals surface area contributed by atoms with E-state index in [0.29, 0.717) is 6.42 Å². The normalized spacial score (nSPS) is 14.2. The van der Waals surface area contributed by atoms with Crippen molar-refractivity contribution in [2.24, 2.45) is 0 Å². The van der Waals surface area contributed by atoms with Gasteiger partial charge in [0.25, 0.3) is 0 Å². The molecule has 0 aliphatic heterocycles. The molecular formula is C60H95NO3. The lowest BCUT2D eigenvalue weighted by Gasteiger charge is -2.19.